The Hall–Kier alpha value is -3.50. The number of oxazole rings is 1. The second-order valence-electron chi connectivity index (χ2n) is 7.62. The van der Waals surface area contributed by atoms with Crippen LogP contribution in [0.3, 0.4) is 0 Å². The third kappa shape index (κ3) is 4.14. The molecule has 1 fully saturated rings. The Balaban J connectivity index is 1.64. The first-order valence-corrected chi connectivity index (χ1v) is 10.1. The van der Waals surface area contributed by atoms with Crippen molar-refractivity contribution in [3.05, 3.63) is 48.0 Å². The van der Waals surface area contributed by atoms with Gasteiger partial charge in [-0.25, -0.2) is 15.0 Å². The summed E-state index contributed by atoms with van der Waals surface area (Å²) in [6.45, 7) is 4.62. The van der Waals surface area contributed by atoms with Gasteiger partial charge in [-0.3, -0.25) is 9.78 Å². The number of anilines is 2. The predicted octanol–water partition coefficient (Wildman–Crippen LogP) is 4.14. The van der Waals surface area contributed by atoms with Crippen LogP contribution in [0.4, 0.5) is 24.7 Å². The van der Waals surface area contributed by atoms with Gasteiger partial charge < -0.3 is 14.6 Å². The van der Waals surface area contributed by atoms with Gasteiger partial charge in [-0.05, 0) is 32.3 Å². The Labute approximate surface area is 181 Å². The summed E-state index contributed by atoms with van der Waals surface area (Å²) in [5, 5.41) is 3.20. The number of hydrogen-bond acceptors (Lipinski definition) is 8. The minimum atomic E-state index is -4.54. The molecule has 2 atom stereocenters. The first-order valence-electron chi connectivity index (χ1n) is 10.1. The van der Waals surface area contributed by atoms with Gasteiger partial charge in [-0.1, -0.05) is 0 Å². The molecular weight excluding hydrogens is 425 g/mol. The number of rotatable bonds is 5. The van der Waals surface area contributed by atoms with Crippen LogP contribution in [0.1, 0.15) is 41.5 Å². The molecule has 0 amide bonds. The highest BCUT2D eigenvalue weighted by Gasteiger charge is 2.34. The van der Waals surface area contributed by atoms with Gasteiger partial charge in [0.2, 0.25) is 5.89 Å². The summed E-state index contributed by atoms with van der Waals surface area (Å²) < 4.78 is 43.8. The fraction of sp³-hybridized carbons (Fsp3) is 0.381. The summed E-state index contributed by atoms with van der Waals surface area (Å²) >= 11 is 0. The highest BCUT2D eigenvalue weighted by Crippen LogP contribution is 2.38. The van der Waals surface area contributed by atoms with Crippen LogP contribution in [0.15, 0.2) is 35.5 Å². The highest BCUT2D eigenvalue weighted by molar-refractivity contribution is 5.91. The second kappa shape index (κ2) is 8.56. The number of nitrogens with one attached hydrogen (secondary N) is 1. The van der Waals surface area contributed by atoms with Gasteiger partial charge in [0.05, 0.1) is 29.8 Å². The van der Waals surface area contributed by atoms with Crippen molar-refractivity contribution in [2.24, 2.45) is 0 Å². The molecule has 0 spiro atoms. The third-order valence-corrected chi connectivity index (χ3v) is 5.57. The quantitative estimate of drug-likeness (QED) is 0.585. The van der Waals surface area contributed by atoms with Gasteiger partial charge in [0, 0.05) is 24.8 Å². The number of aromatic nitrogens is 4. The lowest BCUT2D eigenvalue weighted by Gasteiger charge is -2.42. The number of pyridine rings is 1. The van der Waals surface area contributed by atoms with E-state index in [9.17, 15) is 18.0 Å². The van der Waals surface area contributed by atoms with Crippen molar-refractivity contribution in [1.29, 1.82) is 0 Å². The minimum absolute atomic E-state index is 0.0813. The summed E-state index contributed by atoms with van der Waals surface area (Å²) in [7, 11) is 0. The summed E-state index contributed by atoms with van der Waals surface area (Å²) in [6.07, 6.45) is 4.13. The van der Waals surface area contributed by atoms with E-state index in [4.69, 9.17) is 4.42 Å². The molecule has 0 aromatic carbocycles. The van der Waals surface area contributed by atoms with Crippen LogP contribution >= 0.6 is 0 Å². The fourth-order valence-electron chi connectivity index (χ4n) is 4.02. The lowest BCUT2D eigenvalue weighted by molar-refractivity contribution is -0.141. The first kappa shape index (κ1) is 21.7. The Kier molecular flexibility index (Phi) is 5.81. The fourth-order valence-corrected chi connectivity index (χ4v) is 4.02. The van der Waals surface area contributed by atoms with E-state index in [1.165, 1.54) is 12.5 Å². The van der Waals surface area contributed by atoms with Crippen LogP contribution in [0.5, 0.6) is 0 Å². The van der Waals surface area contributed by atoms with E-state index in [0.717, 1.165) is 43.0 Å². The average Bonchev–Trinajstić information content (AvgIpc) is 3.29. The lowest BCUT2D eigenvalue weighted by Crippen LogP contribution is -2.50. The molecule has 11 heteroatoms. The van der Waals surface area contributed by atoms with Crippen molar-refractivity contribution < 1.29 is 22.4 Å². The van der Waals surface area contributed by atoms with E-state index in [1.807, 2.05) is 13.8 Å². The third-order valence-electron chi connectivity index (χ3n) is 5.57. The zero-order chi connectivity index (χ0) is 22.9. The topological polar surface area (TPSA) is 97.0 Å². The number of carbonyl (C=O) groups is 1. The Bertz CT molecular complexity index is 1090. The zero-order valence-electron chi connectivity index (χ0n) is 17.4. The van der Waals surface area contributed by atoms with Crippen LogP contribution in [-0.4, -0.2) is 44.9 Å². The number of piperidine rings is 1. The molecule has 168 valence electrons. The van der Waals surface area contributed by atoms with Gasteiger partial charge in [0.15, 0.2) is 12.0 Å². The van der Waals surface area contributed by atoms with Crippen LogP contribution in [-0.2, 0) is 6.18 Å². The molecule has 0 unspecified atom stereocenters. The molecule has 0 bridgehead atoms. The van der Waals surface area contributed by atoms with Crippen molar-refractivity contribution in [2.45, 2.75) is 44.9 Å². The van der Waals surface area contributed by atoms with E-state index >= 15 is 0 Å². The number of halogens is 3. The number of carbonyl (C=O) groups excluding carboxylic acids is 1. The van der Waals surface area contributed by atoms with Crippen molar-refractivity contribution >= 4 is 17.8 Å². The molecule has 0 saturated carbocycles. The van der Waals surface area contributed by atoms with E-state index in [0.29, 0.717) is 17.7 Å². The highest BCUT2D eigenvalue weighted by atomic mass is 19.4. The number of alkyl halides is 3. The molecule has 4 heterocycles. The Morgan fingerprint density at radius 2 is 2.00 bits per heavy atom. The number of hydrogen-bond donors (Lipinski definition) is 1. The molecule has 32 heavy (non-hydrogen) atoms. The number of aryl methyl sites for hydroxylation is 1. The van der Waals surface area contributed by atoms with Gasteiger partial charge in [-0.2, -0.15) is 13.2 Å². The van der Waals surface area contributed by atoms with Crippen LogP contribution in [0.2, 0.25) is 0 Å². The Morgan fingerprint density at radius 3 is 2.62 bits per heavy atom. The molecule has 0 aliphatic carbocycles. The van der Waals surface area contributed by atoms with Gasteiger partial charge in [0.25, 0.3) is 0 Å². The summed E-state index contributed by atoms with van der Waals surface area (Å²) in [4.78, 5) is 29.6. The van der Waals surface area contributed by atoms with Gasteiger partial charge in [0.1, 0.15) is 17.8 Å². The standard InChI is InChI=1S/C21H21F3N6O2/c1-12-8-26-15(11-31)18(20-25-5-7-32-20)19(12)30-6-3-4-14(13(30)2)29-17-10-27-16(9-28-17)21(22,23)24/h5,7-11,13-14H,3-4,6H2,1-2H3,(H,28,29)/t13-,14+/m0/s1. The van der Waals surface area contributed by atoms with Crippen LogP contribution in [0.25, 0.3) is 11.5 Å². The molecule has 3 aromatic rings. The van der Waals surface area contributed by atoms with Crippen molar-refractivity contribution in [3.63, 3.8) is 0 Å². The molecule has 8 nitrogen and oxygen atoms in total. The molecule has 3 aromatic heterocycles. The van der Waals surface area contributed by atoms with Crippen molar-refractivity contribution in [3.8, 4) is 11.5 Å². The Morgan fingerprint density at radius 1 is 1.19 bits per heavy atom. The lowest BCUT2D eigenvalue weighted by atomic mass is 9.94. The van der Waals surface area contributed by atoms with Crippen molar-refractivity contribution in [2.75, 3.05) is 16.8 Å². The monoisotopic (exact) mass is 446 g/mol. The largest absolute Gasteiger partial charge is 0.444 e. The molecule has 1 aliphatic heterocycles. The predicted molar refractivity (Wildman–Crippen MR) is 110 cm³/mol. The van der Waals surface area contributed by atoms with Crippen LogP contribution in [0, 0.1) is 6.92 Å². The molecule has 4 rings (SSSR count). The van der Waals surface area contributed by atoms with Gasteiger partial charge >= 0.3 is 6.18 Å². The molecule has 1 N–H and O–H groups in total. The first-order chi connectivity index (χ1) is 15.3. The van der Waals surface area contributed by atoms with E-state index in [1.54, 1.807) is 6.20 Å². The van der Waals surface area contributed by atoms with Crippen molar-refractivity contribution in [1.82, 2.24) is 19.9 Å². The summed E-state index contributed by atoms with van der Waals surface area (Å²) in [5.41, 5.74) is 1.36. The van der Waals surface area contributed by atoms with Crippen LogP contribution < -0.4 is 10.2 Å². The number of aldehydes is 1. The number of nitrogens with zero attached hydrogens (tertiary/aromatic N) is 5. The zero-order valence-corrected chi connectivity index (χ0v) is 17.4. The molecule has 1 aliphatic rings. The molecule has 0 radical (unpaired) electrons. The maximum atomic E-state index is 12.8. The molecular formula is C21H21F3N6O2. The second-order valence-corrected chi connectivity index (χ2v) is 7.62. The minimum Gasteiger partial charge on any atom is -0.444 e. The smallest absolute Gasteiger partial charge is 0.434 e. The van der Waals surface area contributed by atoms with E-state index < -0.39 is 11.9 Å². The SMILES string of the molecule is Cc1cnc(C=O)c(-c2ncco2)c1N1CCC[C@@H](Nc2cnc(C(F)(F)F)cn2)[C@@H]1C. The molecule has 1 saturated heterocycles. The maximum Gasteiger partial charge on any atom is 0.434 e. The summed E-state index contributed by atoms with van der Waals surface area (Å²) in [6, 6.07) is -0.193. The average molecular weight is 446 g/mol. The van der Waals surface area contributed by atoms with Gasteiger partial charge in [-0.15, -0.1) is 0 Å². The van der Waals surface area contributed by atoms with E-state index in [-0.39, 0.29) is 23.6 Å². The normalized spacial score (nSPS) is 19.1. The van der Waals surface area contributed by atoms with E-state index in [2.05, 4.69) is 30.2 Å². The maximum absolute atomic E-state index is 12.8. The summed E-state index contributed by atoms with van der Waals surface area (Å²) in [5.74, 6) is 0.568.